The predicted molar refractivity (Wildman–Crippen MR) is 83.2 cm³/mol. The van der Waals surface area contributed by atoms with Crippen molar-refractivity contribution in [3.63, 3.8) is 0 Å². The van der Waals surface area contributed by atoms with E-state index in [4.69, 9.17) is 0 Å². The van der Waals surface area contributed by atoms with Gasteiger partial charge in [0.05, 0.1) is 6.42 Å². The summed E-state index contributed by atoms with van der Waals surface area (Å²) in [5.41, 5.74) is 0.0582. The summed E-state index contributed by atoms with van der Waals surface area (Å²) in [6.07, 6.45) is 0.373. The van der Waals surface area contributed by atoms with E-state index in [9.17, 15) is 10.3 Å². The second kappa shape index (κ2) is 4.71. The zero-order valence-electron chi connectivity index (χ0n) is 12.3. The highest BCUT2D eigenvalue weighted by Gasteiger charge is 2.55. The number of hydrogen-bond acceptors (Lipinski definition) is 2. The average Bonchev–Trinajstić information content (AvgIpc) is 2.67. The number of benzene rings is 2. The minimum absolute atomic E-state index is 0.373. The van der Waals surface area contributed by atoms with Crippen LogP contribution in [-0.2, 0) is 5.60 Å². The first kappa shape index (κ1) is 13.8. The molecule has 3 nitrogen and oxygen atoms in total. The Hall–Kier alpha value is -2.13. The minimum Gasteiger partial charge on any atom is -0.623 e. The zero-order valence-corrected chi connectivity index (χ0v) is 12.3. The van der Waals surface area contributed by atoms with Gasteiger partial charge >= 0.3 is 0 Å². The topological polar surface area (TPSA) is 46.3 Å². The van der Waals surface area contributed by atoms with Gasteiger partial charge in [-0.15, -0.1) is 0 Å². The molecule has 0 fully saturated rings. The average molecular weight is 281 g/mol. The summed E-state index contributed by atoms with van der Waals surface area (Å²) in [5.74, 6) is 0. The summed E-state index contributed by atoms with van der Waals surface area (Å²) in [4.78, 5) is 0. The highest BCUT2D eigenvalue weighted by molar-refractivity contribution is 6.04. The van der Waals surface area contributed by atoms with Crippen molar-refractivity contribution in [1.29, 1.82) is 0 Å². The lowest BCUT2D eigenvalue weighted by Crippen LogP contribution is -2.35. The first-order chi connectivity index (χ1) is 9.95. The molecule has 1 aliphatic rings. The van der Waals surface area contributed by atoms with E-state index in [1.54, 1.807) is 0 Å². The highest BCUT2D eigenvalue weighted by atomic mass is 16.5. The molecule has 2 aromatic carbocycles. The summed E-state index contributed by atoms with van der Waals surface area (Å²) < 4.78 is 0.968. The van der Waals surface area contributed by atoms with Crippen molar-refractivity contribution in [2.75, 3.05) is 0 Å². The van der Waals surface area contributed by atoms with Gasteiger partial charge in [0.25, 0.3) is 0 Å². The molecule has 0 amide bonds. The van der Waals surface area contributed by atoms with Crippen molar-refractivity contribution in [2.45, 2.75) is 31.4 Å². The van der Waals surface area contributed by atoms with Gasteiger partial charge in [0.1, 0.15) is 0 Å². The molecule has 0 aromatic heterocycles. The molecule has 1 heterocycles. The van der Waals surface area contributed by atoms with Crippen LogP contribution < -0.4 is 0 Å². The second-order valence-corrected chi connectivity index (χ2v) is 6.22. The molecule has 0 radical (unpaired) electrons. The fraction of sp³-hybridized carbons (Fsp3) is 0.278. The largest absolute Gasteiger partial charge is 0.623 e. The molecule has 108 valence electrons. The van der Waals surface area contributed by atoms with Gasteiger partial charge in [-0.05, 0) is 17.7 Å². The Morgan fingerprint density at radius 2 is 1.48 bits per heavy atom. The van der Waals surface area contributed by atoms with Crippen molar-refractivity contribution in [3.8, 4) is 0 Å². The molecule has 21 heavy (non-hydrogen) atoms. The van der Waals surface area contributed by atoms with Crippen LogP contribution in [-0.4, -0.2) is 21.1 Å². The zero-order chi connectivity index (χ0) is 15.1. The lowest BCUT2D eigenvalue weighted by molar-refractivity contribution is -0.530. The highest BCUT2D eigenvalue weighted by Crippen LogP contribution is 2.41. The first-order valence-electron chi connectivity index (χ1n) is 7.13. The van der Waals surface area contributed by atoms with E-state index in [2.05, 4.69) is 0 Å². The van der Waals surface area contributed by atoms with Gasteiger partial charge in [0.15, 0.2) is 11.1 Å². The van der Waals surface area contributed by atoms with Crippen molar-refractivity contribution in [3.05, 3.63) is 77.0 Å². The Morgan fingerprint density at radius 1 is 0.952 bits per heavy atom. The van der Waals surface area contributed by atoms with Gasteiger partial charge in [-0.1, -0.05) is 48.5 Å². The van der Waals surface area contributed by atoms with E-state index in [-0.39, 0.29) is 0 Å². The summed E-state index contributed by atoms with van der Waals surface area (Å²) >= 11 is 0. The lowest BCUT2D eigenvalue weighted by atomic mass is 9.81. The van der Waals surface area contributed by atoms with Crippen LogP contribution in [0.3, 0.4) is 0 Å². The number of hydrogen-bond donors (Lipinski definition) is 1. The van der Waals surface area contributed by atoms with E-state index >= 15 is 0 Å². The van der Waals surface area contributed by atoms with Crippen LogP contribution in [0, 0.1) is 5.21 Å². The quantitative estimate of drug-likeness (QED) is 0.679. The smallest absolute Gasteiger partial charge is 0.231 e. The molecule has 1 unspecified atom stereocenters. The molecule has 2 aromatic rings. The van der Waals surface area contributed by atoms with Crippen LogP contribution in [0.2, 0.25) is 0 Å². The van der Waals surface area contributed by atoms with Gasteiger partial charge in [0.2, 0.25) is 5.71 Å². The Kier molecular flexibility index (Phi) is 3.10. The summed E-state index contributed by atoms with van der Waals surface area (Å²) in [6, 6.07) is 18.8. The molecule has 3 heteroatoms. The minimum atomic E-state index is -1.26. The van der Waals surface area contributed by atoms with Crippen LogP contribution in [0.4, 0.5) is 0 Å². The molecule has 0 spiro atoms. The molecule has 1 atom stereocenters. The van der Waals surface area contributed by atoms with Crippen LogP contribution in [0.1, 0.15) is 31.4 Å². The molecule has 1 N–H and O–H groups in total. The summed E-state index contributed by atoms with van der Waals surface area (Å²) in [6.45, 7) is 3.73. The standard InChI is InChI=1S/C18H19NO2/c1-17(2)13-18(20,15-11-7-4-8-12-15)16(19(17)21)14-9-5-3-6-10-14/h3-12,20H,13H2,1-2H3. The predicted octanol–water partition coefficient (Wildman–Crippen LogP) is 3.06. The van der Waals surface area contributed by atoms with E-state index in [1.807, 2.05) is 74.5 Å². The monoisotopic (exact) mass is 281 g/mol. The fourth-order valence-electron chi connectivity index (χ4n) is 3.16. The van der Waals surface area contributed by atoms with Gasteiger partial charge in [-0.2, -0.15) is 0 Å². The van der Waals surface area contributed by atoms with Gasteiger partial charge < -0.3 is 10.3 Å². The van der Waals surface area contributed by atoms with Crippen LogP contribution in [0.15, 0.2) is 60.7 Å². The third-order valence-electron chi connectivity index (χ3n) is 4.13. The maximum Gasteiger partial charge on any atom is 0.231 e. The molecule has 3 rings (SSSR count). The number of hydroxylamine groups is 1. The number of aliphatic hydroxyl groups is 1. The van der Waals surface area contributed by atoms with Crippen LogP contribution in [0.5, 0.6) is 0 Å². The molecular formula is C18H19NO2. The third-order valence-corrected chi connectivity index (χ3v) is 4.13. The SMILES string of the molecule is CC1(C)CC(O)(c2ccccc2)C(c2ccccc2)=[N+]1[O-]. The molecule has 1 aliphatic heterocycles. The van der Waals surface area contributed by atoms with Crippen molar-refractivity contribution in [2.24, 2.45) is 0 Å². The Morgan fingerprint density at radius 3 is 2.05 bits per heavy atom. The first-order valence-corrected chi connectivity index (χ1v) is 7.13. The second-order valence-electron chi connectivity index (χ2n) is 6.22. The normalized spacial score (nSPS) is 24.3. The van der Waals surface area contributed by atoms with Crippen LogP contribution in [0.25, 0.3) is 0 Å². The Labute approximate surface area is 124 Å². The summed E-state index contributed by atoms with van der Waals surface area (Å²) in [5, 5.41) is 24.0. The van der Waals surface area contributed by atoms with Crippen LogP contribution >= 0.6 is 0 Å². The molecular weight excluding hydrogens is 262 g/mol. The van der Waals surface area contributed by atoms with Crippen molar-refractivity contribution >= 4 is 5.71 Å². The lowest BCUT2D eigenvalue weighted by Gasteiger charge is -2.22. The fourth-order valence-corrected chi connectivity index (χ4v) is 3.16. The molecule has 0 saturated heterocycles. The maximum absolute atomic E-state index is 12.7. The van der Waals surface area contributed by atoms with E-state index in [1.165, 1.54) is 0 Å². The number of nitrogens with zero attached hydrogens (tertiary/aromatic N) is 1. The summed E-state index contributed by atoms with van der Waals surface area (Å²) in [7, 11) is 0. The number of rotatable bonds is 2. The van der Waals surface area contributed by atoms with Gasteiger partial charge in [-0.3, -0.25) is 0 Å². The Balaban J connectivity index is 2.22. The maximum atomic E-state index is 12.7. The molecule has 0 saturated carbocycles. The third kappa shape index (κ3) is 2.14. The Bertz CT molecular complexity index is 677. The van der Waals surface area contributed by atoms with E-state index < -0.39 is 11.1 Å². The van der Waals surface area contributed by atoms with Crippen molar-refractivity contribution in [1.82, 2.24) is 0 Å². The van der Waals surface area contributed by atoms with Crippen molar-refractivity contribution < 1.29 is 9.85 Å². The van der Waals surface area contributed by atoms with Gasteiger partial charge in [0, 0.05) is 19.4 Å². The molecule has 0 bridgehead atoms. The van der Waals surface area contributed by atoms with E-state index in [0.717, 1.165) is 15.9 Å². The molecule has 0 aliphatic carbocycles. The van der Waals surface area contributed by atoms with E-state index in [0.29, 0.717) is 12.1 Å². The van der Waals surface area contributed by atoms with Gasteiger partial charge in [-0.25, -0.2) is 4.74 Å².